The van der Waals surface area contributed by atoms with Gasteiger partial charge in [0.15, 0.2) is 0 Å². The number of hydrogen-bond donors (Lipinski definition) is 0. The van der Waals surface area contributed by atoms with E-state index in [2.05, 4.69) is 6.92 Å². The third kappa shape index (κ3) is 6.67. The molecule has 0 aromatic heterocycles. The average Bonchev–Trinajstić information content (AvgIpc) is 2.42. The van der Waals surface area contributed by atoms with E-state index in [1.54, 1.807) is 6.26 Å². The first kappa shape index (κ1) is 17.6. The van der Waals surface area contributed by atoms with Crippen molar-refractivity contribution in [3.8, 4) is 0 Å². The van der Waals surface area contributed by atoms with Gasteiger partial charge in [0, 0.05) is 5.56 Å². The van der Waals surface area contributed by atoms with Crippen LogP contribution in [0.2, 0.25) is 0 Å². The summed E-state index contributed by atoms with van der Waals surface area (Å²) < 4.78 is 0. The standard InChI is InChI=1S/C10H12OS.2C2H6/c1-3-8-5-4-6-9(7-8)10(11)12-2;2*1-2/h4-7H,3H2,1-2H3;2*1-2H3. The highest BCUT2D eigenvalue weighted by Crippen LogP contribution is 2.11. The molecule has 0 aliphatic heterocycles. The van der Waals surface area contributed by atoms with Crippen molar-refractivity contribution in [2.75, 3.05) is 6.26 Å². The fourth-order valence-electron chi connectivity index (χ4n) is 1.04. The number of hydrogen-bond acceptors (Lipinski definition) is 2. The summed E-state index contributed by atoms with van der Waals surface area (Å²) in [4.78, 5) is 11.2. The van der Waals surface area contributed by atoms with Crippen LogP contribution in [0, 0.1) is 0 Å². The van der Waals surface area contributed by atoms with Crippen LogP contribution in [0.5, 0.6) is 0 Å². The first-order valence-electron chi connectivity index (χ1n) is 5.95. The van der Waals surface area contributed by atoms with Crippen molar-refractivity contribution >= 4 is 16.9 Å². The SMILES string of the molecule is CC.CC.CCc1cccc(C(=O)SC)c1. The summed E-state index contributed by atoms with van der Waals surface area (Å²) in [6, 6.07) is 7.79. The zero-order valence-electron chi connectivity index (χ0n) is 11.3. The van der Waals surface area contributed by atoms with Gasteiger partial charge in [-0.15, -0.1) is 0 Å². The van der Waals surface area contributed by atoms with E-state index in [0.29, 0.717) is 0 Å². The summed E-state index contributed by atoms with van der Waals surface area (Å²) in [5, 5.41) is 0.144. The lowest BCUT2D eigenvalue weighted by Crippen LogP contribution is -1.92. The van der Waals surface area contributed by atoms with Gasteiger partial charge in [-0.25, -0.2) is 0 Å². The van der Waals surface area contributed by atoms with Crippen LogP contribution in [0.1, 0.15) is 50.5 Å². The molecule has 0 amide bonds. The Morgan fingerprint density at radius 3 is 2.19 bits per heavy atom. The van der Waals surface area contributed by atoms with Crippen molar-refractivity contribution in [3.63, 3.8) is 0 Å². The van der Waals surface area contributed by atoms with Crippen molar-refractivity contribution in [3.05, 3.63) is 35.4 Å². The number of aryl methyl sites for hydroxylation is 1. The first-order valence-corrected chi connectivity index (χ1v) is 7.17. The van der Waals surface area contributed by atoms with Gasteiger partial charge in [0.2, 0.25) is 5.12 Å². The van der Waals surface area contributed by atoms with Crippen molar-refractivity contribution < 1.29 is 4.79 Å². The number of carbonyl (C=O) groups excluding carboxylic acids is 1. The third-order valence-electron chi connectivity index (χ3n) is 1.76. The Morgan fingerprint density at radius 2 is 1.75 bits per heavy atom. The molecule has 0 fully saturated rings. The van der Waals surface area contributed by atoms with E-state index in [9.17, 15) is 4.79 Å². The van der Waals surface area contributed by atoms with Crippen LogP contribution in [0.4, 0.5) is 0 Å². The molecule has 0 radical (unpaired) electrons. The zero-order valence-corrected chi connectivity index (χ0v) is 12.1. The monoisotopic (exact) mass is 240 g/mol. The Labute approximate surface area is 105 Å². The Hall–Kier alpha value is -0.760. The predicted octanol–water partition coefficient (Wildman–Crippen LogP) is 4.80. The summed E-state index contributed by atoms with van der Waals surface area (Å²) in [6.07, 6.45) is 2.79. The molecular weight excluding hydrogens is 216 g/mol. The average molecular weight is 240 g/mol. The van der Waals surface area contributed by atoms with E-state index in [4.69, 9.17) is 0 Å². The maximum Gasteiger partial charge on any atom is 0.219 e. The fourth-order valence-corrected chi connectivity index (χ4v) is 1.40. The zero-order chi connectivity index (χ0) is 13.0. The van der Waals surface area contributed by atoms with Gasteiger partial charge in [0.05, 0.1) is 0 Å². The van der Waals surface area contributed by atoms with Crippen LogP contribution < -0.4 is 0 Å². The van der Waals surface area contributed by atoms with Crippen LogP contribution in [-0.2, 0) is 6.42 Å². The van der Waals surface area contributed by atoms with Crippen LogP contribution in [0.25, 0.3) is 0 Å². The van der Waals surface area contributed by atoms with Gasteiger partial charge in [-0.1, -0.05) is 64.6 Å². The molecule has 92 valence electrons. The molecule has 0 bridgehead atoms. The van der Waals surface area contributed by atoms with E-state index >= 15 is 0 Å². The highest BCUT2D eigenvalue weighted by Gasteiger charge is 2.02. The second-order valence-corrected chi connectivity index (χ2v) is 3.32. The summed E-state index contributed by atoms with van der Waals surface area (Å²) in [5.74, 6) is 0. The van der Waals surface area contributed by atoms with Crippen LogP contribution in [0.15, 0.2) is 24.3 Å². The minimum atomic E-state index is 0.144. The Morgan fingerprint density at radius 1 is 1.19 bits per heavy atom. The molecular formula is C14H24OS. The second kappa shape index (κ2) is 12.3. The maximum atomic E-state index is 11.2. The number of benzene rings is 1. The van der Waals surface area contributed by atoms with Crippen LogP contribution in [0.3, 0.4) is 0 Å². The van der Waals surface area contributed by atoms with Gasteiger partial charge in [-0.05, 0) is 24.3 Å². The molecule has 0 aliphatic rings. The molecule has 1 nitrogen and oxygen atoms in total. The predicted molar refractivity (Wildman–Crippen MR) is 76.4 cm³/mol. The molecule has 0 aliphatic carbocycles. The van der Waals surface area contributed by atoms with E-state index in [1.807, 2.05) is 52.0 Å². The number of carbonyl (C=O) groups is 1. The number of rotatable bonds is 2. The fraction of sp³-hybridized carbons (Fsp3) is 0.500. The van der Waals surface area contributed by atoms with E-state index in [1.165, 1.54) is 17.3 Å². The Bertz CT molecular complexity index is 282. The highest BCUT2D eigenvalue weighted by molar-refractivity contribution is 8.13. The lowest BCUT2D eigenvalue weighted by atomic mass is 10.1. The van der Waals surface area contributed by atoms with Crippen LogP contribution >= 0.6 is 11.8 Å². The smallest absolute Gasteiger partial charge is 0.219 e. The highest BCUT2D eigenvalue weighted by atomic mass is 32.2. The molecule has 1 aromatic rings. The molecule has 0 N–H and O–H groups in total. The van der Waals surface area contributed by atoms with Gasteiger partial charge in [-0.3, -0.25) is 4.79 Å². The first-order chi connectivity index (χ1) is 7.77. The largest absolute Gasteiger partial charge is 0.282 e. The van der Waals surface area contributed by atoms with Gasteiger partial charge >= 0.3 is 0 Å². The van der Waals surface area contributed by atoms with Gasteiger partial charge < -0.3 is 0 Å². The molecule has 0 unspecified atom stereocenters. The second-order valence-electron chi connectivity index (χ2n) is 2.55. The molecule has 2 heteroatoms. The van der Waals surface area contributed by atoms with Crippen molar-refractivity contribution in [2.45, 2.75) is 41.0 Å². The molecule has 1 aromatic carbocycles. The Kier molecular flexibility index (Phi) is 13.6. The molecule has 0 spiro atoms. The summed E-state index contributed by atoms with van der Waals surface area (Å²) in [6.45, 7) is 10.1. The van der Waals surface area contributed by atoms with E-state index in [-0.39, 0.29) is 5.12 Å². The summed E-state index contributed by atoms with van der Waals surface area (Å²) in [7, 11) is 0. The van der Waals surface area contributed by atoms with Crippen molar-refractivity contribution in [1.29, 1.82) is 0 Å². The minimum Gasteiger partial charge on any atom is -0.282 e. The third-order valence-corrected chi connectivity index (χ3v) is 2.36. The lowest BCUT2D eigenvalue weighted by Gasteiger charge is -1.99. The lowest BCUT2D eigenvalue weighted by molar-refractivity contribution is 0.108. The quantitative estimate of drug-likeness (QED) is 0.738. The Balaban J connectivity index is 0. The molecule has 1 rings (SSSR count). The summed E-state index contributed by atoms with van der Waals surface area (Å²) >= 11 is 1.26. The normalized spacial score (nSPS) is 8.12. The molecule has 16 heavy (non-hydrogen) atoms. The maximum absolute atomic E-state index is 11.2. The van der Waals surface area contributed by atoms with Gasteiger partial charge in [-0.2, -0.15) is 0 Å². The van der Waals surface area contributed by atoms with E-state index < -0.39 is 0 Å². The van der Waals surface area contributed by atoms with Crippen molar-refractivity contribution in [2.24, 2.45) is 0 Å². The van der Waals surface area contributed by atoms with E-state index in [0.717, 1.165) is 12.0 Å². The van der Waals surface area contributed by atoms with Gasteiger partial charge in [0.1, 0.15) is 0 Å². The molecule has 0 atom stereocenters. The summed E-state index contributed by atoms with van der Waals surface area (Å²) in [5.41, 5.74) is 2.02. The molecule has 0 saturated heterocycles. The molecule has 0 saturated carbocycles. The van der Waals surface area contributed by atoms with Crippen molar-refractivity contribution in [1.82, 2.24) is 0 Å². The van der Waals surface area contributed by atoms with Gasteiger partial charge in [0.25, 0.3) is 0 Å². The molecule has 0 heterocycles. The number of thioether (sulfide) groups is 1. The topological polar surface area (TPSA) is 17.1 Å². The minimum absolute atomic E-state index is 0.144. The van der Waals surface area contributed by atoms with Crippen LogP contribution in [-0.4, -0.2) is 11.4 Å².